The van der Waals surface area contributed by atoms with E-state index < -0.39 is 0 Å². The molecule has 2 fully saturated rings. The molecule has 5 rings (SSSR count). The number of hydrogen-bond acceptors (Lipinski definition) is 4. The van der Waals surface area contributed by atoms with E-state index in [2.05, 4.69) is 5.32 Å². The minimum Gasteiger partial charge on any atom is -0.497 e. The third-order valence-corrected chi connectivity index (χ3v) is 7.34. The zero-order chi connectivity index (χ0) is 23.5. The summed E-state index contributed by atoms with van der Waals surface area (Å²) in [4.78, 5) is 27.6. The van der Waals surface area contributed by atoms with Crippen LogP contribution in [-0.4, -0.2) is 43.5 Å². The summed E-state index contributed by atoms with van der Waals surface area (Å²) in [7, 11) is 1.66. The Morgan fingerprint density at radius 2 is 1.88 bits per heavy atom. The monoisotopic (exact) mass is 458 g/mol. The Bertz CT molecular complexity index is 1150. The normalized spacial score (nSPS) is 18.5. The van der Waals surface area contributed by atoms with Crippen LogP contribution in [0.4, 0.5) is 0 Å². The predicted octanol–water partition coefficient (Wildman–Crippen LogP) is 4.56. The van der Waals surface area contributed by atoms with E-state index in [9.17, 15) is 9.59 Å². The summed E-state index contributed by atoms with van der Waals surface area (Å²) < 4.78 is 10.7. The molecule has 176 valence electrons. The van der Waals surface area contributed by atoms with Gasteiger partial charge in [0.2, 0.25) is 5.91 Å². The van der Waals surface area contributed by atoms with Crippen LogP contribution in [0.1, 0.15) is 35.2 Å². The topological polar surface area (TPSA) is 71.8 Å². The van der Waals surface area contributed by atoms with Gasteiger partial charge >= 0.3 is 0 Å². The molecule has 6 nitrogen and oxygen atoms in total. The maximum absolute atomic E-state index is 13.0. The number of piperidine rings is 1. The van der Waals surface area contributed by atoms with Crippen LogP contribution in [0, 0.1) is 11.3 Å². The maximum Gasteiger partial charge on any atom is 0.253 e. The molecular weight excluding hydrogens is 428 g/mol. The Kier molecular flexibility index (Phi) is 6.14. The highest BCUT2D eigenvalue weighted by Gasteiger charge is 2.58. The van der Waals surface area contributed by atoms with Crippen LogP contribution >= 0.6 is 0 Å². The summed E-state index contributed by atoms with van der Waals surface area (Å²) in [5, 5.41) is 3.11. The van der Waals surface area contributed by atoms with E-state index in [1.807, 2.05) is 65.6 Å². The number of furan rings is 1. The highest BCUT2D eigenvalue weighted by atomic mass is 16.5. The Balaban J connectivity index is 1.09. The van der Waals surface area contributed by atoms with E-state index in [0.29, 0.717) is 25.2 Å². The van der Waals surface area contributed by atoms with Crippen LogP contribution in [-0.2, 0) is 11.2 Å². The number of amides is 2. The molecule has 2 aliphatic rings. The third-order valence-electron chi connectivity index (χ3n) is 7.34. The lowest BCUT2D eigenvalue weighted by atomic mass is 9.90. The van der Waals surface area contributed by atoms with Crippen molar-refractivity contribution >= 4 is 11.8 Å². The van der Waals surface area contributed by atoms with Crippen molar-refractivity contribution in [3.8, 4) is 17.1 Å². The standard InChI is InChI=1S/C28H30N2O4/c1-33-23-5-2-4-20(18-23)11-14-29-26(31)24-19-28(24)12-15-30(16-13-28)27(32)22-9-7-21(8-10-22)25-6-3-17-34-25/h2-10,17-18,24H,11-16,19H2,1H3,(H,29,31). The van der Waals surface area contributed by atoms with Gasteiger partial charge in [0.1, 0.15) is 11.5 Å². The number of carbonyl (C=O) groups is 2. The van der Waals surface area contributed by atoms with E-state index in [0.717, 1.165) is 48.3 Å². The van der Waals surface area contributed by atoms with Crippen LogP contribution in [0.5, 0.6) is 5.75 Å². The van der Waals surface area contributed by atoms with Gasteiger partial charge in [0, 0.05) is 36.7 Å². The average molecular weight is 459 g/mol. The summed E-state index contributed by atoms with van der Waals surface area (Å²) >= 11 is 0. The van der Waals surface area contributed by atoms with Crippen molar-refractivity contribution in [2.45, 2.75) is 25.7 Å². The van der Waals surface area contributed by atoms with Gasteiger partial charge < -0.3 is 19.4 Å². The molecule has 2 amide bonds. The molecule has 0 bridgehead atoms. The molecule has 6 heteroatoms. The first-order valence-electron chi connectivity index (χ1n) is 11.9. The molecule has 1 saturated carbocycles. The molecule has 2 aromatic carbocycles. The van der Waals surface area contributed by atoms with Crippen molar-refractivity contribution in [3.63, 3.8) is 0 Å². The molecule has 3 aromatic rings. The third kappa shape index (κ3) is 4.58. The molecule has 2 heterocycles. The Morgan fingerprint density at radius 1 is 1.09 bits per heavy atom. The Labute approximate surface area is 199 Å². The summed E-state index contributed by atoms with van der Waals surface area (Å²) in [6, 6.07) is 19.3. The van der Waals surface area contributed by atoms with E-state index in [-0.39, 0.29) is 23.1 Å². The summed E-state index contributed by atoms with van der Waals surface area (Å²) in [5.41, 5.74) is 2.86. The van der Waals surface area contributed by atoms with Gasteiger partial charge in [-0.15, -0.1) is 0 Å². The second kappa shape index (κ2) is 9.37. The van der Waals surface area contributed by atoms with Crippen molar-refractivity contribution in [3.05, 3.63) is 78.1 Å². The zero-order valence-corrected chi connectivity index (χ0v) is 19.5. The van der Waals surface area contributed by atoms with Gasteiger partial charge in [0.25, 0.3) is 5.91 Å². The van der Waals surface area contributed by atoms with Crippen molar-refractivity contribution < 1.29 is 18.7 Å². The van der Waals surface area contributed by atoms with Crippen LogP contribution in [0.3, 0.4) is 0 Å². The second-order valence-electron chi connectivity index (χ2n) is 9.36. The van der Waals surface area contributed by atoms with E-state index >= 15 is 0 Å². The first kappa shape index (κ1) is 22.3. The summed E-state index contributed by atoms with van der Waals surface area (Å²) in [6.07, 6.45) is 5.12. The van der Waals surface area contributed by atoms with Crippen molar-refractivity contribution in [1.82, 2.24) is 10.2 Å². The Hall–Kier alpha value is -3.54. The van der Waals surface area contributed by atoms with Crippen LogP contribution in [0.15, 0.2) is 71.3 Å². The lowest BCUT2D eigenvalue weighted by molar-refractivity contribution is -0.123. The molecule has 1 spiro atoms. The smallest absolute Gasteiger partial charge is 0.253 e. The largest absolute Gasteiger partial charge is 0.497 e. The minimum absolute atomic E-state index is 0.0563. The van der Waals surface area contributed by atoms with E-state index in [1.165, 1.54) is 0 Å². The average Bonchev–Trinajstić information content (AvgIpc) is 3.29. The number of carbonyl (C=O) groups excluding carboxylic acids is 2. The molecule has 1 atom stereocenters. The summed E-state index contributed by atoms with van der Waals surface area (Å²) in [6.45, 7) is 2.02. The van der Waals surface area contributed by atoms with Gasteiger partial charge in [0.05, 0.1) is 13.4 Å². The predicted molar refractivity (Wildman–Crippen MR) is 130 cm³/mol. The first-order valence-corrected chi connectivity index (χ1v) is 11.9. The lowest BCUT2D eigenvalue weighted by Gasteiger charge is -2.33. The van der Waals surface area contributed by atoms with Gasteiger partial charge in [-0.05, 0) is 73.1 Å². The second-order valence-corrected chi connectivity index (χ2v) is 9.36. The molecular formula is C28H30N2O4. The molecule has 1 saturated heterocycles. The minimum atomic E-state index is 0.0563. The van der Waals surface area contributed by atoms with Crippen LogP contribution < -0.4 is 10.1 Å². The number of nitrogens with zero attached hydrogens (tertiary/aromatic N) is 1. The fraction of sp³-hybridized carbons (Fsp3) is 0.357. The molecule has 1 unspecified atom stereocenters. The quantitative estimate of drug-likeness (QED) is 0.564. The highest BCUT2D eigenvalue weighted by Crippen LogP contribution is 2.59. The maximum atomic E-state index is 13.0. The number of nitrogens with one attached hydrogen (secondary N) is 1. The fourth-order valence-corrected chi connectivity index (χ4v) is 5.11. The Morgan fingerprint density at radius 3 is 2.59 bits per heavy atom. The van der Waals surface area contributed by atoms with Crippen molar-refractivity contribution in [2.75, 3.05) is 26.7 Å². The number of ether oxygens (including phenoxy) is 1. The molecule has 1 aliphatic carbocycles. The number of benzene rings is 2. The summed E-state index contributed by atoms with van der Waals surface area (Å²) in [5.74, 6) is 1.90. The zero-order valence-electron chi connectivity index (χ0n) is 19.5. The highest BCUT2D eigenvalue weighted by molar-refractivity contribution is 5.94. The van der Waals surface area contributed by atoms with Gasteiger partial charge in [0.15, 0.2) is 0 Å². The molecule has 0 radical (unpaired) electrons. The van der Waals surface area contributed by atoms with Gasteiger partial charge in [-0.2, -0.15) is 0 Å². The number of methoxy groups -OCH3 is 1. The van der Waals surface area contributed by atoms with Crippen molar-refractivity contribution in [1.29, 1.82) is 0 Å². The van der Waals surface area contributed by atoms with Gasteiger partial charge in [-0.25, -0.2) is 0 Å². The first-order chi connectivity index (χ1) is 16.6. The van der Waals surface area contributed by atoms with Crippen LogP contribution in [0.25, 0.3) is 11.3 Å². The fourth-order valence-electron chi connectivity index (χ4n) is 5.11. The van der Waals surface area contributed by atoms with E-state index in [4.69, 9.17) is 9.15 Å². The van der Waals surface area contributed by atoms with Crippen molar-refractivity contribution in [2.24, 2.45) is 11.3 Å². The molecule has 1 N–H and O–H groups in total. The number of hydrogen-bond donors (Lipinski definition) is 1. The SMILES string of the molecule is COc1cccc(CCNC(=O)C2CC23CCN(C(=O)c2ccc(-c4ccco4)cc2)CC3)c1. The number of likely N-dealkylation sites (tertiary alicyclic amines) is 1. The van der Waals surface area contributed by atoms with Gasteiger partial charge in [-0.3, -0.25) is 9.59 Å². The molecule has 1 aliphatic heterocycles. The van der Waals surface area contributed by atoms with Crippen LogP contribution in [0.2, 0.25) is 0 Å². The molecule has 1 aromatic heterocycles. The lowest BCUT2D eigenvalue weighted by Crippen LogP contribution is -2.40. The molecule has 34 heavy (non-hydrogen) atoms. The van der Waals surface area contributed by atoms with Gasteiger partial charge in [-0.1, -0.05) is 24.3 Å². The van der Waals surface area contributed by atoms with E-state index in [1.54, 1.807) is 13.4 Å². The number of rotatable bonds is 7.